The molecule has 1 heterocycles. The number of aryl methyl sites for hydroxylation is 1. The van der Waals surface area contributed by atoms with Crippen molar-refractivity contribution < 1.29 is 4.74 Å². The molecule has 4 heteroatoms. The van der Waals surface area contributed by atoms with E-state index < -0.39 is 0 Å². The molecule has 0 fully saturated rings. The predicted molar refractivity (Wildman–Crippen MR) is 84.2 cm³/mol. The molecule has 21 heavy (non-hydrogen) atoms. The summed E-state index contributed by atoms with van der Waals surface area (Å²) in [5.74, 6) is 0.600. The molecule has 110 valence electrons. The average molecular weight is 283 g/mol. The number of nitriles is 1. The maximum Gasteiger partial charge on any atom is 0.218 e. The van der Waals surface area contributed by atoms with Gasteiger partial charge in [-0.3, -0.25) is 4.57 Å². The molecule has 0 unspecified atom stereocenters. The molecule has 0 saturated heterocycles. The van der Waals surface area contributed by atoms with E-state index in [0.29, 0.717) is 30.4 Å². The van der Waals surface area contributed by atoms with Crippen molar-refractivity contribution in [2.75, 3.05) is 12.3 Å². The Morgan fingerprint density at radius 3 is 2.76 bits per heavy atom. The van der Waals surface area contributed by atoms with Crippen LogP contribution in [-0.4, -0.2) is 11.2 Å². The van der Waals surface area contributed by atoms with Crippen molar-refractivity contribution in [1.29, 1.82) is 5.26 Å². The van der Waals surface area contributed by atoms with Crippen molar-refractivity contribution in [1.82, 2.24) is 4.57 Å². The predicted octanol–water partition coefficient (Wildman–Crippen LogP) is 3.48. The lowest BCUT2D eigenvalue weighted by Crippen LogP contribution is -2.09. The Labute approximate surface area is 125 Å². The average Bonchev–Trinajstić information content (AvgIpc) is 2.78. The standard InChI is InChI=1S/C17H21N3O/c1-3-4-9-21-17-16(19)10-15(11-18)20(17)12-14-8-6-5-7-13(14)2/h5-8,10H,3-4,9,12,19H2,1-2H3. The first-order valence-electron chi connectivity index (χ1n) is 7.23. The van der Waals surface area contributed by atoms with Crippen LogP contribution in [0, 0.1) is 18.3 Å². The van der Waals surface area contributed by atoms with E-state index >= 15 is 0 Å². The summed E-state index contributed by atoms with van der Waals surface area (Å²) in [5.41, 5.74) is 9.39. The summed E-state index contributed by atoms with van der Waals surface area (Å²) in [4.78, 5) is 0. The highest BCUT2D eigenvalue weighted by Gasteiger charge is 2.15. The summed E-state index contributed by atoms with van der Waals surface area (Å²) in [7, 11) is 0. The van der Waals surface area contributed by atoms with Crippen LogP contribution in [0.15, 0.2) is 30.3 Å². The molecule has 0 aliphatic heterocycles. The summed E-state index contributed by atoms with van der Waals surface area (Å²) < 4.78 is 7.64. The highest BCUT2D eigenvalue weighted by Crippen LogP contribution is 2.28. The topological polar surface area (TPSA) is 64.0 Å². The maximum atomic E-state index is 9.29. The number of nitrogen functional groups attached to an aromatic ring is 1. The molecule has 0 bridgehead atoms. The van der Waals surface area contributed by atoms with E-state index in [-0.39, 0.29) is 0 Å². The molecule has 0 atom stereocenters. The summed E-state index contributed by atoms with van der Waals surface area (Å²) in [5, 5.41) is 9.29. The lowest BCUT2D eigenvalue weighted by Gasteiger charge is -2.13. The highest BCUT2D eigenvalue weighted by atomic mass is 16.5. The molecule has 4 nitrogen and oxygen atoms in total. The van der Waals surface area contributed by atoms with Crippen LogP contribution < -0.4 is 10.5 Å². The minimum atomic E-state index is 0.524. The van der Waals surface area contributed by atoms with E-state index in [1.807, 2.05) is 16.7 Å². The van der Waals surface area contributed by atoms with Crippen molar-refractivity contribution in [3.63, 3.8) is 0 Å². The normalized spacial score (nSPS) is 10.3. The van der Waals surface area contributed by atoms with Gasteiger partial charge < -0.3 is 10.5 Å². The monoisotopic (exact) mass is 283 g/mol. The Balaban J connectivity index is 2.32. The van der Waals surface area contributed by atoms with Crippen molar-refractivity contribution >= 4 is 5.69 Å². The molecule has 0 radical (unpaired) electrons. The second kappa shape index (κ2) is 6.85. The molecule has 2 N–H and O–H groups in total. The van der Waals surface area contributed by atoms with Gasteiger partial charge in [0, 0.05) is 6.07 Å². The van der Waals surface area contributed by atoms with Gasteiger partial charge in [0.25, 0.3) is 0 Å². The molecule has 0 saturated carbocycles. The first-order chi connectivity index (χ1) is 10.2. The zero-order chi connectivity index (χ0) is 15.2. The van der Waals surface area contributed by atoms with Crippen molar-refractivity contribution in [2.45, 2.75) is 33.2 Å². The van der Waals surface area contributed by atoms with Crippen LogP contribution in [0.25, 0.3) is 0 Å². The first-order valence-corrected chi connectivity index (χ1v) is 7.23. The second-order valence-corrected chi connectivity index (χ2v) is 5.12. The van der Waals surface area contributed by atoms with Gasteiger partial charge in [-0.15, -0.1) is 0 Å². The third kappa shape index (κ3) is 3.38. The van der Waals surface area contributed by atoms with Gasteiger partial charge in [-0.25, -0.2) is 0 Å². The third-order valence-corrected chi connectivity index (χ3v) is 3.52. The second-order valence-electron chi connectivity index (χ2n) is 5.12. The number of ether oxygens (including phenoxy) is 1. The highest BCUT2D eigenvalue weighted by molar-refractivity contribution is 5.55. The lowest BCUT2D eigenvalue weighted by atomic mass is 10.1. The van der Waals surface area contributed by atoms with E-state index in [0.717, 1.165) is 18.4 Å². The summed E-state index contributed by atoms with van der Waals surface area (Å²) in [6, 6.07) is 12.0. The van der Waals surface area contributed by atoms with Crippen LogP contribution in [0.3, 0.4) is 0 Å². The molecule has 0 aliphatic carbocycles. The van der Waals surface area contributed by atoms with Crippen molar-refractivity contribution in [3.05, 3.63) is 47.2 Å². The number of hydrogen-bond acceptors (Lipinski definition) is 3. The molecule has 2 rings (SSSR count). The molecule has 0 amide bonds. The number of nitrogens with zero attached hydrogens (tertiary/aromatic N) is 2. The number of hydrogen-bond donors (Lipinski definition) is 1. The fourth-order valence-corrected chi connectivity index (χ4v) is 2.23. The first kappa shape index (κ1) is 15.0. The third-order valence-electron chi connectivity index (χ3n) is 3.52. The molecule has 0 aliphatic rings. The van der Waals surface area contributed by atoms with Crippen LogP contribution >= 0.6 is 0 Å². The summed E-state index contributed by atoms with van der Waals surface area (Å²) in [6.45, 7) is 5.38. The number of rotatable bonds is 6. The molecule has 2 aromatic rings. The number of anilines is 1. The van der Waals surface area contributed by atoms with Crippen LogP contribution in [0.2, 0.25) is 0 Å². The molecule has 1 aromatic heterocycles. The van der Waals surface area contributed by atoms with Gasteiger partial charge in [-0.1, -0.05) is 37.6 Å². The number of benzene rings is 1. The Kier molecular flexibility index (Phi) is 4.89. The van der Waals surface area contributed by atoms with E-state index in [9.17, 15) is 5.26 Å². The minimum absolute atomic E-state index is 0.524. The van der Waals surface area contributed by atoms with E-state index in [2.05, 4.69) is 32.0 Å². The van der Waals surface area contributed by atoms with E-state index in [4.69, 9.17) is 10.5 Å². The van der Waals surface area contributed by atoms with Crippen molar-refractivity contribution in [2.24, 2.45) is 0 Å². The van der Waals surface area contributed by atoms with Gasteiger partial charge in [0.2, 0.25) is 5.88 Å². The zero-order valence-electron chi connectivity index (χ0n) is 12.6. The largest absolute Gasteiger partial charge is 0.477 e. The fraction of sp³-hybridized carbons (Fsp3) is 0.353. The van der Waals surface area contributed by atoms with Gasteiger partial charge in [-0.05, 0) is 24.5 Å². The van der Waals surface area contributed by atoms with Crippen LogP contribution in [0.4, 0.5) is 5.69 Å². The van der Waals surface area contributed by atoms with Crippen LogP contribution in [0.5, 0.6) is 5.88 Å². The van der Waals surface area contributed by atoms with Crippen molar-refractivity contribution in [3.8, 4) is 11.9 Å². The Morgan fingerprint density at radius 2 is 2.10 bits per heavy atom. The van der Waals surface area contributed by atoms with Gasteiger partial charge in [0.05, 0.1) is 18.8 Å². The van der Waals surface area contributed by atoms with Crippen LogP contribution in [0.1, 0.15) is 36.6 Å². The Hall–Kier alpha value is -2.41. The maximum absolute atomic E-state index is 9.29. The smallest absolute Gasteiger partial charge is 0.218 e. The molecular weight excluding hydrogens is 262 g/mol. The molecular formula is C17H21N3O. The molecule has 1 aromatic carbocycles. The number of nitrogens with two attached hydrogens (primary N) is 1. The zero-order valence-corrected chi connectivity index (χ0v) is 12.6. The summed E-state index contributed by atoms with van der Waals surface area (Å²) in [6.07, 6.45) is 2.03. The minimum Gasteiger partial charge on any atom is -0.477 e. The lowest BCUT2D eigenvalue weighted by molar-refractivity contribution is 0.287. The van der Waals surface area contributed by atoms with Gasteiger partial charge in [0.15, 0.2) is 0 Å². The van der Waals surface area contributed by atoms with Gasteiger partial charge in [-0.2, -0.15) is 5.26 Å². The molecule has 0 spiro atoms. The number of unbranched alkanes of at least 4 members (excludes halogenated alkanes) is 1. The summed E-state index contributed by atoms with van der Waals surface area (Å²) >= 11 is 0. The fourth-order valence-electron chi connectivity index (χ4n) is 2.23. The van der Waals surface area contributed by atoms with E-state index in [1.165, 1.54) is 5.56 Å². The Bertz CT molecular complexity index is 653. The van der Waals surface area contributed by atoms with Crippen LogP contribution in [-0.2, 0) is 6.54 Å². The number of aromatic nitrogens is 1. The quantitative estimate of drug-likeness (QED) is 0.825. The van der Waals surface area contributed by atoms with Gasteiger partial charge in [0.1, 0.15) is 11.8 Å². The van der Waals surface area contributed by atoms with Gasteiger partial charge >= 0.3 is 0 Å². The Morgan fingerprint density at radius 1 is 1.33 bits per heavy atom. The SMILES string of the molecule is CCCCOc1c(N)cc(C#N)n1Cc1ccccc1C. The van der Waals surface area contributed by atoms with E-state index in [1.54, 1.807) is 6.07 Å².